The molecule has 0 unspecified atom stereocenters. The van der Waals surface area contributed by atoms with Gasteiger partial charge in [0, 0.05) is 24.7 Å². The van der Waals surface area contributed by atoms with E-state index in [9.17, 15) is 0 Å². The van der Waals surface area contributed by atoms with Gasteiger partial charge in [0.25, 0.3) is 0 Å². The maximum Gasteiger partial charge on any atom is 0.139 e. The average molecular weight is 304 g/mol. The highest BCUT2D eigenvalue weighted by atomic mass is 16.6. The highest BCUT2D eigenvalue weighted by Gasteiger charge is 2.10. The molecule has 0 saturated heterocycles. The third kappa shape index (κ3) is 2.66. The summed E-state index contributed by atoms with van der Waals surface area (Å²) in [6.07, 6.45) is 1.83. The summed E-state index contributed by atoms with van der Waals surface area (Å²) in [7, 11) is 2.10. The SMILES string of the molecule is CN(Cc1cccc2ncccc12)Cc1cccc2nonc12. The minimum absolute atomic E-state index is 0.780. The van der Waals surface area contributed by atoms with Crippen LogP contribution in [-0.4, -0.2) is 27.2 Å². The Morgan fingerprint density at radius 2 is 1.65 bits per heavy atom. The molecule has 0 aliphatic rings. The molecule has 0 saturated carbocycles. The molecule has 2 aromatic heterocycles. The quantitative estimate of drug-likeness (QED) is 0.578. The van der Waals surface area contributed by atoms with Crippen molar-refractivity contribution in [2.45, 2.75) is 13.1 Å². The molecule has 0 spiro atoms. The van der Waals surface area contributed by atoms with Crippen molar-refractivity contribution in [1.29, 1.82) is 0 Å². The molecule has 114 valence electrons. The van der Waals surface area contributed by atoms with E-state index in [0.29, 0.717) is 0 Å². The molecule has 5 heteroatoms. The van der Waals surface area contributed by atoms with Crippen LogP contribution < -0.4 is 0 Å². The first-order chi connectivity index (χ1) is 11.3. The molecule has 2 heterocycles. The fraction of sp³-hybridized carbons (Fsp3) is 0.167. The summed E-state index contributed by atoms with van der Waals surface area (Å²) in [6.45, 7) is 1.62. The zero-order valence-corrected chi connectivity index (χ0v) is 12.8. The van der Waals surface area contributed by atoms with Crippen molar-refractivity contribution in [3.8, 4) is 0 Å². The van der Waals surface area contributed by atoms with Crippen molar-refractivity contribution in [1.82, 2.24) is 20.2 Å². The fourth-order valence-electron chi connectivity index (χ4n) is 2.93. The lowest BCUT2D eigenvalue weighted by Gasteiger charge is -2.18. The molecular weight excluding hydrogens is 288 g/mol. The van der Waals surface area contributed by atoms with Gasteiger partial charge in [0.05, 0.1) is 5.52 Å². The Balaban J connectivity index is 1.60. The zero-order chi connectivity index (χ0) is 15.6. The van der Waals surface area contributed by atoms with Gasteiger partial charge in [-0.05, 0) is 46.7 Å². The lowest BCUT2D eigenvalue weighted by molar-refractivity contribution is 0.310. The van der Waals surface area contributed by atoms with Crippen molar-refractivity contribution >= 4 is 21.9 Å². The van der Waals surface area contributed by atoms with Gasteiger partial charge in [-0.1, -0.05) is 30.3 Å². The van der Waals surface area contributed by atoms with E-state index in [1.165, 1.54) is 10.9 Å². The second kappa shape index (κ2) is 5.78. The van der Waals surface area contributed by atoms with Gasteiger partial charge in [0.1, 0.15) is 11.0 Å². The fourth-order valence-corrected chi connectivity index (χ4v) is 2.93. The van der Waals surface area contributed by atoms with Crippen LogP contribution >= 0.6 is 0 Å². The number of hydrogen-bond donors (Lipinski definition) is 0. The van der Waals surface area contributed by atoms with Crippen molar-refractivity contribution in [2.75, 3.05) is 7.05 Å². The molecule has 4 aromatic rings. The standard InChI is InChI=1S/C18H16N4O/c1-22(12-14-6-3-9-17-18(14)21-23-20-17)11-13-5-2-8-16-15(13)7-4-10-19-16/h2-10H,11-12H2,1H3. The van der Waals surface area contributed by atoms with Crippen LogP contribution in [0.2, 0.25) is 0 Å². The van der Waals surface area contributed by atoms with E-state index in [0.717, 1.165) is 35.2 Å². The predicted octanol–water partition coefficient (Wildman–Crippen LogP) is 3.40. The lowest BCUT2D eigenvalue weighted by Crippen LogP contribution is -2.17. The van der Waals surface area contributed by atoms with Crippen molar-refractivity contribution in [3.63, 3.8) is 0 Å². The van der Waals surface area contributed by atoms with Gasteiger partial charge in [-0.15, -0.1) is 0 Å². The molecule has 0 fully saturated rings. The summed E-state index contributed by atoms with van der Waals surface area (Å²) in [5, 5.41) is 9.10. The Morgan fingerprint density at radius 1 is 0.870 bits per heavy atom. The van der Waals surface area contributed by atoms with E-state index >= 15 is 0 Å². The molecule has 0 N–H and O–H groups in total. The van der Waals surface area contributed by atoms with E-state index in [1.807, 2.05) is 30.5 Å². The Hall–Kier alpha value is -2.79. The van der Waals surface area contributed by atoms with Gasteiger partial charge < -0.3 is 0 Å². The van der Waals surface area contributed by atoms with Gasteiger partial charge in [-0.2, -0.15) is 0 Å². The largest absolute Gasteiger partial charge is 0.298 e. The van der Waals surface area contributed by atoms with Crippen LogP contribution in [0.4, 0.5) is 0 Å². The molecule has 0 radical (unpaired) electrons. The second-order valence-electron chi connectivity index (χ2n) is 5.71. The third-order valence-electron chi connectivity index (χ3n) is 3.99. The summed E-state index contributed by atoms with van der Waals surface area (Å²) in [6, 6.07) is 16.3. The summed E-state index contributed by atoms with van der Waals surface area (Å²) >= 11 is 0. The van der Waals surface area contributed by atoms with Crippen molar-refractivity contribution in [2.24, 2.45) is 0 Å². The number of benzene rings is 2. The van der Waals surface area contributed by atoms with Crippen LogP contribution in [0.15, 0.2) is 59.4 Å². The zero-order valence-electron chi connectivity index (χ0n) is 12.8. The Bertz CT molecular complexity index is 958. The van der Waals surface area contributed by atoms with Gasteiger partial charge in [-0.3, -0.25) is 9.88 Å². The first kappa shape index (κ1) is 13.8. The topological polar surface area (TPSA) is 55.1 Å². The summed E-state index contributed by atoms with van der Waals surface area (Å²) < 4.78 is 4.84. The average Bonchev–Trinajstić information content (AvgIpc) is 3.05. The highest BCUT2D eigenvalue weighted by molar-refractivity contribution is 5.82. The van der Waals surface area contributed by atoms with E-state index < -0.39 is 0 Å². The van der Waals surface area contributed by atoms with Crippen LogP contribution in [0.1, 0.15) is 11.1 Å². The van der Waals surface area contributed by atoms with E-state index in [4.69, 9.17) is 4.63 Å². The molecule has 0 atom stereocenters. The van der Waals surface area contributed by atoms with E-state index in [-0.39, 0.29) is 0 Å². The number of nitrogens with zero attached hydrogens (tertiary/aromatic N) is 4. The Labute approximate surface area is 133 Å². The number of aromatic nitrogens is 3. The predicted molar refractivity (Wildman–Crippen MR) is 88.7 cm³/mol. The number of pyridine rings is 1. The smallest absolute Gasteiger partial charge is 0.139 e. The van der Waals surface area contributed by atoms with Crippen LogP contribution in [0.5, 0.6) is 0 Å². The van der Waals surface area contributed by atoms with Gasteiger partial charge >= 0.3 is 0 Å². The minimum atomic E-state index is 0.780. The highest BCUT2D eigenvalue weighted by Crippen LogP contribution is 2.20. The molecule has 2 aromatic carbocycles. The van der Waals surface area contributed by atoms with E-state index in [1.54, 1.807) is 0 Å². The van der Waals surface area contributed by atoms with Gasteiger partial charge in [-0.25, -0.2) is 4.63 Å². The third-order valence-corrected chi connectivity index (χ3v) is 3.99. The van der Waals surface area contributed by atoms with Gasteiger partial charge in [0.15, 0.2) is 0 Å². The first-order valence-corrected chi connectivity index (χ1v) is 7.52. The number of rotatable bonds is 4. The molecule has 23 heavy (non-hydrogen) atoms. The number of hydrogen-bond acceptors (Lipinski definition) is 5. The normalized spacial score (nSPS) is 11.6. The van der Waals surface area contributed by atoms with Crippen LogP contribution in [0.3, 0.4) is 0 Å². The first-order valence-electron chi connectivity index (χ1n) is 7.52. The molecular formula is C18H16N4O. The Morgan fingerprint density at radius 3 is 2.57 bits per heavy atom. The van der Waals surface area contributed by atoms with E-state index in [2.05, 4.69) is 51.5 Å². The molecule has 0 amide bonds. The maximum atomic E-state index is 4.84. The van der Waals surface area contributed by atoms with Crippen LogP contribution in [0, 0.1) is 0 Å². The lowest BCUT2D eigenvalue weighted by atomic mass is 10.1. The molecule has 0 bridgehead atoms. The van der Waals surface area contributed by atoms with Crippen molar-refractivity contribution in [3.05, 3.63) is 65.9 Å². The molecule has 4 rings (SSSR count). The maximum absolute atomic E-state index is 4.84. The summed E-state index contributed by atoms with van der Waals surface area (Å²) in [5.74, 6) is 0. The van der Waals surface area contributed by atoms with Crippen LogP contribution in [0.25, 0.3) is 21.9 Å². The summed E-state index contributed by atoms with van der Waals surface area (Å²) in [5.41, 5.74) is 5.04. The van der Waals surface area contributed by atoms with Gasteiger partial charge in [0.2, 0.25) is 0 Å². The molecule has 0 aliphatic heterocycles. The minimum Gasteiger partial charge on any atom is -0.298 e. The Kier molecular flexibility index (Phi) is 3.48. The monoisotopic (exact) mass is 304 g/mol. The van der Waals surface area contributed by atoms with Crippen LogP contribution in [-0.2, 0) is 13.1 Å². The second-order valence-corrected chi connectivity index (χ2v) is 5.71. The summed E-state index contributed by atoms with van der Waals surface area (Å²) in [4.78, 5) is 6.67. The van der Waals surface area contributed by atoms with Crippen molar-refractivity contribution < 1.29 is 4.63 Å². The molecule has 5 nitrogen and oxygen atoms in total. The molecule has 0 aliphatic carbocycles. The number of fused-ring (bicyclic) bond motifs is 2.